The smallest absolute Gasteiger partial charge is 0.317 e. The third-order valence-electron chi connectivity index (χ3n) is 4.62. The van der Waals surface area contributed by atoms with Crippen molar-refractivity contribution in [1.29, 1.82) is 0 Å². The number of aromatic amines is 1. The van der Waals surface area contributed by atoms with E-state index in [-0.39, 0.29) is 12.1 Å². The number of nitrogens with zero attached hydrogens (tertiary/aromatic N) is 3. The van der Waals surface area contributed by atoms with E-state index in [0.717, 1.165) is 43.9 Å². The monoisotopic (exact) mass is 343 g/mol. The van der Waals surface area contributed by atoms with Crippen LogP contribution in [0.1, 0.15) is 37.9 Å². The molecular weight excluding hydrogens is 318 g/mol. The summed E-state index contributed by atoms with van der Waals surface area (Å²) in [4.78, 5) is 18.6. The van der Waals surface area contributed by atoms with Crippen molar-refractivity contribution in [3.63, 3.8) is 0 Å². The van der Waals surface area contributed by atoms with E-state index in [0.29, 0.717) is 12.5 Å². The Labute approximate surface area is 147 Å². The summed E-state index contributed by atoms with van der Waals surface area (Å²) in [6, 6.07) is 9.65. The van der Waals surface area contributed by atoms with E-state index in [1.54, 1.807) is 0 Å². The van der Waals surface area contributed by atoms with Gasteiger partial charge in [0, 0.05) is 19.0 Å². The van der Waals surface area contributed by atoms with Crippen LogP contribution in [-0.4, -0.2) is 51.9 Å². The zero-order chi connectivity index (χ0) is 17.5. The number of benzene rings is 1. The first-order valence-corrected chi connectivity index (χ1v) is 8.84. The molecule has 1 saturated heterocycles. The molecule has 1 aliphatic rings. The molecule has 0 saturated carbocycles. The average molecular weight is 343 g/mol. The van der Waals surface area contributed by atoms with Crippen LogP contribution in [0.2, 0.25) is 0 Å². The first-order chi connectivity index (χ1) is 12.3. The Balaban J connectivity index is 1.44. The number of hydrogen-bond donors (Lipinski definition) is 2. The topological polar surface area (TPSA) is 83.1 Å². The molecule has 0 unspecified atom stereocenters. The highest BCUT2D eigenvalue weighted by Gasteiger charge is 2.26. The molecule has 0 radical (unpaired) electrons. The zero-order valence-corrected chi connectivity index (χ0v) is 14.5. The van der Waals surface area contributed by atoms with Gasteiger partial charge in [-0.3, -0.25) is 5.10 Å². The number of amides is 2. The molecule has 134 valence electrons. The summed E-state index contributed by atoms with van der Waals surface area (Å²) in [5.41, 5.74) is 0. The number of likely N-dealkylation sites (tertiary alicyclic amines) is 1. The molecule has 1 aromatic carbocycles. The van der Waals surface area contributed by atoms with Gasteiger partial charge in [0.2, 0.25) is 0 Å². The fraction of sp³-hybridized carbons (Fsp3) is 0.500. The van der Waals surface area contributed by atoms with Gasteiger partial charge >= 0.3 is 6.03 Å². The van der Waals surface area contributed by atoms with E-state index >= 15 is 0 Å². The van der Waals surface area contributed by atoms with Gasteiger partial charge in [0.1, 0.15) is 24.5 Å². The Morgan fingerprint density at radius 2 is 2.12 bits per heavy atom. The third-order valence-corrected chi connectivity index (χ3v) is 4.62. The summed E-state index contributed by atoms with van der Waals surface area (Å²) in [5, 5.41) is 9.91. The normalized spacial score (nSPS) is 16.4. The van der Waals surface area contributed by atoms with Crippen LogP contribution < -0.4 is 10.1 Å². The Bertz CT molecular complexity index is 639. The van der Waals surface area contributed by atoms with E-state index < -0.39 is 0 Å². The molecule has 7 nitrogen and oxygen atoms in total. The maximum atomic E-state index is 12.5. The van der Waals surface area contributed by atoms with Gasteiger partial charge in [0.15, 0.2) is 0 Å². The molecule has 0 spiro atoms. The summed E-state index contributed by atoms with van der Waals surface area (Å²) >= 11 is 0. The van der Waals surface area contributed by atoms with Crippen LogP contribution in [0.4, 0.5) is 4.79 Å². The van der Waals surface area contributed by atoms with Crippen LogP contribution in [0.15, 0.2) is 36.7 Å². The molecule has 2 heterocycles. The molecule has 1 aromatic heterocycles. The minimum absolute atomic E-state index is 0.000275. The fourth-order valence-electron chi connectivity index (χ4n) is 3.01. The Hall–Kier alpha value is -2.57. The molecular formula is C18H25N5O2. The van der Waals surface area contributed by atoms with Crippen molar-refractivity contribution in [1.82, 2.24) is 25.4 Å². The van der Waals surface area contributed by atoms with Crippen molar-refractivity contribution >= 4 is 6.03 Å². The number of nitrogens with one attached hydrogen (secondary N) is 2. The highest BCUT2D eigenvalue weighted by atomic mass is 16.5. The number of carbonyl (C=O) groups excluding carboxylic acids is 1. The Kier molecular flexibility index (Phi) is 5.87. The molecule has 1 atom stereocenters. The highest BCUT2D eigenvalue weighted by Crippen LogP contribution is 2.24. The van der Waals surface area contributed by atoms with E-state index in [9.17, 15) is 4.79 Å². The first kappa shape index (κ1) is 17.3. The Morgan fingerprint density at radius 3 is 2.76 bits per heavy atom. The number of para-hydroxylation sites is 1. The van der Waals surface area contributed by atoms with Crippen molar-refractivity contribution in [3.8, 4) is 5.75 Å². The van der Waals surface area contributed by atoms with Crippen LogP contribution in [0.3, 0.4) is 0 Å². The molecule has 0 bridgehead atoms. The van der Waals surface area contributed by atoms with E-state index in [2.05, 4.69) is 27.4 Å². The van der Waals surface area contributed by atoms with Crippen LogP contribution in [-0.2, 0) is 0 Å². The lowest BCUT2D eigenvalue weighted by molar-refractivity contribution is 0.169. The predicted molar refractivity (Wildman–Crippen MR) is 94.5 cm³/mol. The van der Waals surface area contributed by atoms with Gasteiger partial charge < -0.3 is 15.0 Å². The van der Waals surface area contributed by atoms with Gasteiger partial charge in [0.25, 0.3) is 0 Å². The number of hydrogen-bond acceptors (Lipinski definition) is 4. The lowest BCUT2D eigenvalue weighted by Gasteiger charge is -2.32. The zero-order valence-electron chi connectivity index (χ0n) is 14.5. The second-order valence-corrected chi connectivity index (χ2v) is 6.31. The van der Waals surface area contributed by atoms with Crippen molar-refractivity contribution in [2.45, 2.75) is 38.1 Å². The minimum Gasteiger partial charge on any atom is -0.491 e. The number of ether oxygens (including phenoxy) is 1. The molecule has 2 N–H and O–H groups in total. The molecule has 2 aromatic rings. The maximum Gasteiger partial charge on any atom is 0.317 e. The summed E-state index contributed by atoms with van der Waals surface area (Å²) in [6.07, 6.45) is 4.17. The number of urea groups is 1. The number of rotatable bonds is 6. The lowest BCUT2D eigenvalue weighted by Crippen LogP contribution is -2.49. The van der Waals surface area contributed by atoms with Crippen LogP contribution in [0.25, 0.3) is 0 Å². The summed E-state index contributed by atoms with van der Waals surface area (Å²) in [6.45, 7) is 3.98. The molecule has 7 heteroatoms. The Morgan fingerprint density at radius 1 is 1.36 bits per heavy atom. The maximum absolute atomic E-state index is 12.5. The molecule has 1 aliphatic heterocycles. The summed E-state index contributed by atoms with van der Waals surface area (Å²) in [5.74, 6) is 2.10. The van der Waals surface area contributed by atoms with E-state index in [4.69, 9.17) is 4.74 Å². The fourth-order valence-corrected chi connectivity index (χ4v) is 3.01. The van der Waals surface area contributed by atoms with Gasteiger partial charge in [-0.05, 0) is 31.4 Å². The van der Waals surface area contributed by atoms with Crippen molar-refractivity contribution in [3.05, 3.63) is 42.5 Å². The van der Waals surface area contributed by atoms with Crippen molar-refractivity contribution < 1.29 is 9.53 Å². The number of carbonyl (C=O) groups is 1. The molecule has 1 fully saturated rings. The average Bonchev–Trinajstić information content (AvgIpc) is 3.20. The molecule has 3 rings (SSSR count). The highest BCUT2D eigenvalue weighted by molar-refractivity contribution is 5.74. The molecule has 25 heavy (non-hydrogen) atoms. The third kappa shape index (κ3) is 4.71. The van der Waals surface area contributed by atoms with Crippen molar-refractivity contribution in [2.24, 2.45) is 0 Å². The minimum atomic E-state index is -0.0143. The predicted octanol–water partition coefficient (Wildman–Crippen LogP) is 2.55. The number of piperidine rings is 1. The van der Waals surface area contributed by atoms with E-state index in [1.165, 1.54) is 6.33 Å². The van der Waals surface area contributed by atoms with Gasteiger partial charge in [-0.1, -0.05) is 25.1 Å². The first-order valence-electron chi connectivity index (χ1n) is 8.84. The van der Waals surface area contributed by atoms with Crippen LogP contribution >= 0.6 is 0 Å². The second kappa shape index (κ2) is 8.50. The SMILES string of the molecule is CC[C@H](COc1ccccc1)NC(=O)N1CCC(c2ncn[nH]2)CC1. The molecule has 2 amide bonds. The van der Waals surface area contributed by atoms with Gasteiger partial charge in [-0.25, -0.2) is 9.78 Å². The van der Waals surface area contributed by atoms with Crippen molar-refractivity contribution in [2.75, 3.05) is 19.7 Å². The summed E-state index contributed by atoms with van der Waals surface area (Å²) < 4.78 is 5.76. The largest absolute Gasteiger partial charge is 0.491 e. The number of aromatic nitrogens is 3. The number of H-pyrrole nitrogens is 1. The van der Waals surface area contributed by atoms with Gasteiger partial charge in [-0.15, -0.1) is 0 Å². The second-order valence-electron chi connectivity index (χ2n) is 6.31. The van der Waals surface area contributed by atoms with Crippen LogP contribution in [0.5, 0.6) is 5.75 Å². The lowest BCUT2D eigenvalue weighted by atomic mass is 9.96. The van der Waals surface area contributed by atoms with Gasteiger partial charge in [0.05, 0.1) is 6.04 Å². The van der Waals surface area contributed by atoms with Gasteiger partial charge in [-0.2, -0.15) is 5.10 Å². The summed E-state index contributed by atoms with van der Waals surface area (Å²) in [7, 11) is 0. The standard InChI is InChI=1S/C18H25N5O2/c1-2-15(12-25-16-6-4-3-5-7-16)21-18(24)23-10-8-14(9-11-23)17-19-13-20-22-17/h3-7,13-15H,2,8-12H2,1H3,(H,21,24)(H,19,20,22)/t15-/m1/s1. The quantitative estimate of drug-likeness (QED) is 0.844. The molecule has 0 aliphatic carbocycles. The van der Waals surface area contributed by atoms with E-state index in [1.807, 2.05) is 35.2 Å². The van der Waals surface area contributed by atoms with Crippen LogP contribution in [0, 0.1) is 0 Å².